The molecule has 0 saturated heterocycles. The molecule has 0 atom stereocenters. The van der Waals surface area contributed by atoms with Gasteiger partial charge in [-0.1, -0.05) is 39.0 Å². The fraction of sp³-hybridized carbons (Fsp3) is 0.625. The number of nitrogens with zero attached hydrogens (tertiary/aromatic N) is 1. The fourth-order valence-corrected chi connectivity index (χ4v) is 2.17. The Morgan fingerprint density at radius 3 is 2.44 bits per heavy atom. The minimum atomic E-state index is 0.188. The summed E-state index contributed by atoms with van der Waals surface area (Å²) >= 11 is 0. The van der Waals surface area contributed by atoms with E-state index in [9.17, 15) is 0 Å². The van der Waals surface area contributed by atoms with Crippen LogP contribution < -0.4 is 5.73 Å². The lowest BCUT2D eigenvalue weighted by Gasteiger charge is -2.31. The lowest BCUT2D eigenvalue weighted by atomic mass is 9.92. The van der Waals surface area contributed by atoms with Gasteiger partial charge in [-0.3, -0.25) is 4.90 Å². The van der Waals surface area contributed by atoms with Gasteiger partial charge in [0.25, 0.3) is 0 Å². The first-order valence-corrected chi connectivity index (χ1v) is 6.87. The zero-order chi connectivity index (χ0) is 13.8. The first-order chi connectivity index (χ1) is 8.39. The monoisotopic (exact) mass is 248 g/mol. The van der Waals surface area contributed by atoms with E-state index in [0.717, 1.165) is 26.2 Å². The van der Waals surface area contributed by atoms with Gasteiger partial charge in [-0.05, 0) is 49.0 Å². The summed E-state index contributed by atoms with van der Waals surface area (Å²) < 4.78 is 0. The number of rotatable bonds is 6. The molecular formula is C16H28N2. The molecule has 0 saturated carbocycles. The Morgan fingerprint density at radius 1 is 1.22 bits per heavy atom. The van der Waals surface area contributed by atoms with Gasteiger partial charge in [-0.15, -0.1) is 0 Å². The Balaban J connectivity index is 2.77. The van der Waals surface area contributed by atoms with Crippen LogP contribution in [0.25, 0.3) is 0 Å². The number of benzene rings is 1. The molecule has 0 aliphatic carbocycles. The minimum Gasteiger partial charge on any atom is -0.330 e. The average Bonchev–Trinajstić information content (AvgIpc) is 2.33. The van der Waals surface area contributed by atoms with Gasteiger partial charge in [-0.2, -0.15) is 0 Å². The second-order valence-electron chi connectivity index (χ2n) is 6.03. The zero-order valence-electron chi connectivity index (χ0n) is 12.6. The third-order valence-electron chi connectivity index (χ3n) is 3.76. The van der Waals surface area contributed by atoms with Crippen molar-refractivity contribution in [2.45, 2.75) is 41.2 Å². The molecular weight excluding hydrogens is 220 g/mol. The van der Waals surface area contributed by atoms with Crippen molar-refractivity contribution < 1.29 is 0 Å². The highest BCUT2D eigenvalue weighted by atomic mass is 15.1. The van der Waals surface area contributed by atoms with E-state index in [0.29, 0.717) is 0 Å². The van der Waals surface area contributed by atoms with Gasteiger partial charge in [0.05, 0.1) is 0 Å². The molecule has 2 nitrogen and oxygen atoms in total. The quantitative estimate of drug-likeness (QED) is 0.838. The average molecular weight is 248 g/mol. The second-order valence-corrected chi connectivity index (χ2v) is 6.03. The molecule has 0 fully saturated rings. The van der Waals surface area contributed by atoms with Crippen molar-refractivity contribution in [2.75, 3.05) is 19.6 Å². The van der Waals surface area contributed by atoms with Gasteiger partial charge >= 0.3 is 0 Å². The molecule has 102 valence electrons. The highest BCUT2D eigenvalue weighted by Crippen LogP contribution is 2.19. The first kappa shape index (κ1) is 15.2. The van der Waals surface area contributed by atoms with Crippen molar-refractivity contribution in [1.82, 2.24) is 4.90 Å². The predicted molar refractivity (Wildman–Crippen MR) is 79.7 cm³/mol. The largest absolute Gasteiger partial charge is 0.330 e. The molecule has 1 aromatic carbocycles. The van der Waals surface area contributed by atoms with E-state index in [-0.39, 0.29) is 5.41 Å². The molecule has 1 aromatic rings. The number of hydrogen-bond acceptors (Lipinski definition) is 2. The van der Waals surface area contributed by atoms with Crippen molar-refractivity contribution in [2.24, 2.45) is 11.1 Å². The van der Waals surface area contributed by atoms with E-state index in [1.165, 1.54) is 16.7 Å². The molecule has 1 rings (SSSR count). The van der Waals surface area contributed by atoms with E-state index in [4.69, 9.17) is 5.73 Å². The Kier molecular flexibility index (Phi) is 5.36. The molecule has 2 heteroatoms. The maximum atomic E-state index is 5.83. The zero-order valence-corrected chi connectivity index (χ0v) is 12.6. The van der Waals surface area contributed by atoms with E-state index in [1.54, 1.807) is 0 Å². The van der Waals surface area contributed by atoms with Gasteiger partial charge in [0.2, 0.25) is 0 Å². The third-order valence-corrected chi connectivity index (χ3v) is 3.76. The summed E-state index contributed by atoms with van der Waals surface area (Å²) in [7, 11) is 0. The molecule has 0 spiro atoms. The molecule has 0 amide bonds. The summed E-state index contributed by atoms with van der Waals surface area (Å²) in [5.41, 5.74) is 10.2. The normalized spacial score (nSPS) is 12.2. The highest BCUT2D eigenvalue weighted by molar-refractivity contribution is 5.32. The molecule has 0 unspecified atom stereocenters. The van der Waals surface area contributed by atoms with E-state index >= 15 is 0 Å². The number of nitrogens with two attached hydrogens (primary N) is 1. The molecule has 0 aromatic heterocycles. The Hall–Kier alpha value is -0.860. The molecule has 2 N–H and O–H groups in total. The summed E-state index contributed by atoms with van der Waals surface area (Å²) in [5, 5.41) is 0. The van der Waals surface area contributed by atoms with Crippen LogP contribution in [0.4, 0.5) is 0 Å². The lowest BCUT2D eigenvalue weighted by Crippen LogP contribution is -2.38. The van der Waals surface area contributed by atoms with E-state index in [2.05, 4.69) is 57.7 Å². The number of hydrogen-bond donors (Lipinski definition) is 1. The molecule has 18 heavy (non-hydrogen) atoms. The van der Waals surface area contributed by atoms with Crippen LogP contribution in [-0.4, -0.2) is 24.5 Å². The van der Waals surface area contributed by atoms with Crippen LogP contribution in [0.2, 0.25) is 0 Å². The summed E-state index contributed by atoms with van der Waals surface area (Å²) in [6.07, 6.45) is 0. The third kappa shape index (κ3) is 4.11. The molecule has 0 heterocycles. The molecule has 0 aliphatic rings. The highest BCUT2D eigenvalue weighted by Gasteiger charge is 2.19. The maximum Gasteiger partial charge on any atom is 0.0236 e. The van der Waals surface area contributed by atoms with Crippen molar-refractivity contribution in [3.8, 4) is 0 Å². The van der Waals surface area contributed by atoms with E-state index in [1.807, 2.05) is 0 Å². The van der Waals surface area contributed by atoms with Crippen molar-refractivity contribution >= 4 is 0 Å². The number of aryl methyl sites for hydroxylation is 1. The van der Waals surface area contributed by atoms with Crippen LogP contribution in [0.15, 0.2) is 18.2 Å². The van der Waals surface area contributed by atoms with Crippen molar-refractivity contribution in [1.29, 1.82) is 0 Å². The summed E-state index contributed by atoms with van der Waals surface area (Å²) in [5.74, 6) is 0. The van der Waals surface area contributed by atoms with Gasteiger partial charge in [-0.25, -0.2) is 0 Å². The van der Waals surface area contributed by atoms with Crippen molar-refractivity contribution in [3.05, 3.63) is 34.9 Å². The Morgan fingerprint density at radius 2 is 1.89 bits per heavy atom. The Labute approximate surface area is 112 Å². The van der Waals surface area contributed by atoms with Crippen LogP contribution in [-0.2, 0) is 6.54 Å². The fourth-order valence-electron chi connectivity index (χ4n) is 2.17. The van der Waals surface area contributed by atoms with Crippen LogP contribution in [0, 0.1) is 19.3 Å². The molecule has 0 bridgehead atoms. The van der Waals surface area contributed by atoms with Gasteiger partial charge < -0.3 is 5.73 Å². The van der Waals surface area contributed by atoms with Crippen LogP contribution >= 0.6 is 0 Å². The SMILES string of the molecule is CCN(Cc1cccc(C)c1C)CC(C)(C)CN. The lowest BCUT2D eigenvalue weighted by molar-refractivity contribution is 0.183. The summed E-state index contributed by atoms with van der Waals surface area (Å²) in [6.45, 7) is 15.0. The van der Waals surface area contributed by atoms with Gasteiger partial charge in [0, 0.05) is 13.1 Å². The molecule has 0 aliphatic heterocycles. The van der Waals surface area contributed by atoms with Crippen LogP contribution in [0.5, 0.6) is 0 Å². The predicted octanol–water partition coefficient (Wildman–Crippen LogP) is 3.11. The smallest absolute Gasteiger partial charge is 0.0236 e. The maximum absolute atomic E-state index is 5.83. The van der Waals surface area contributed by atoms with Crippen molar-refractivity contribution in [3.63, 3.8) is 0 Å². The minimum absolute atomic E-state index is 0.188. The first-order valence-electron chi connectivity index (χ1n) is 6.87. The summed E-state index contributed by atoms with van der Waals surface area (Å²) in [4.78, 5) is 2.48. The van der Waals surface area contributed by atoms with Crippen LogP contribution in [0.3, 0.4) is 0 Å². The van der Waals surface area contributed by atoms with Gasteiger partial charge in [0.1, 0.15) is 0 Å². The summed E-state index contributed by atoms with van der Waals surface area (Å²) in [6, 6.07) is 6.57. The molecule has 0 radical (unpaired) electrons. The van der Waals surface area contributed by atoms with E-state index < -0.39 is 0 Å². The Bertz CT molecular complexity index is 383. The topological polar surface area (TPSA) is 29.3 Å². The van der Waals surface area contributed by atoms with Crippen LogP contribution in [0.1, 0.15) is 37.5 Å². The standard InChI is InChI=1S/C16H28N2/c1-6-18(12-16(4,5)11-17)10-15-9-7-8-13(2)14(15)3/h7-9H,6,10-12,17H2,1-5H3. The van der Waals surface area contributed by atoms with Gasteiger partial charge in [0.15, 0.2) is 0 Å². The second kappa shape index (κ2) is 6.35.